The molecule has 0 spiro atoms. The molecule has 86 valence electrons. The third-order valence-corrected chi connectivity index (χ3v) is 2.14. The third-order valence-electron chi connectivity index (χ3n) is 2.14. The highest BCUT2D eigenvalue weighted by Gasteiger charge is 2.10. The van der Waals surface area contributed by atoms with Crippen molar-refractivity contribution in [3.8, 4) is 17.2 Å². The average molecular weight is 222 g/mol. The lowest BCUT2D eigenvalue weighted by atomic mass is 10.2. The first-order valence-corrected chi connectivity index (χ1v) is 4.79. The second kappa shape index (κ2) is 4.70. The Kier molecular flexibility index (Phi) is 3.55. The van der Waals surface area contributed by atoms with Gasteiger partial charge in [-0.2, -0.15) is 0 Å². The average Bonchev–Trinajstić information content (AvgIpc) is 2.14. The number of phenolic OH excluding ortho intramolecular Hbond substituents is 2. The van der Waals surface area contributed by atoms with Crippen LogP contribution in [0.3, 0.4) is 0 Å². The molecular formula is C12H14O4. The predicted octanol–water partition coefficient (Wildman–Crippen LogP) is 2.36. The quantitative estimate of drug-likeness (QED) is 0.458. The molecule has 0 unspecified atom stereocenters. The molecule has 4 nitrogen and oxygen atoms in total. The van der Waals surface area contributed by atoms with E-state index in [9.17, 15) is 15.0 Å². The molecule has 0 amide bonds. The molecule has 1 aromatic rings. The van der Waals surface area contributed by atoms with Crippen LogP contribution in [0, 0.1) is 0 Å². The van der Waals surface area contributed by atoms with Crippen molar-refractivity contribution in [2.45, 2.75) is 20.8 Å². The Labute approximate surface area is 93.8 Å². The summed E-state index contributed by atoms with van der Waals surface area (Å²) in [5.74, 6) is -0.691. The summed E-state index contributed by atoms with van der Waals surface area (Å²) in [4.78, 5) is 11.5. The van der Waals surface area contributed by atoms with Crippen LogP contribution < -0.4 is 4.74 Å². The van der Waals surface area contributed by atoms with E-state index in [0.717, 1.165) is 11.6 Å². The first-order chi connectivity index (χ1) is 7.40. The van der Waals surface area contributed by atoms with Gasteiger partial charge in [0.05, 0.1) is 0 Å². The van der Waals surface area contributed by atoms with Crippen molar-refractivity contribution in [3.63, 3.8) is 0 Å². The number of hydrogen-bond acceptors (Lipinski definition) is 4. The lowest BCUT2D eigenvalue weighted by Gasteiger charge is -2.06. The van der Waals surface area contributed by atoms with E-state index in [1.54, 1.807) is 20.8 Å². The Balaban J connectivity index is 2.90. The Morgan fingerprint density at radius 1 is 1.06 bits per heavy atom. The Morgan fingerprint density at radius 2 is 1.56 bits per heavy atom. The standard InChI is InChI=1S/C12H14O4/c1-7(2)8(3)12(15)16-11-5-9(13)4-10(14)6-11/h4-6,13-14H,1-3H3. The van der Waals surface area contributed by atoms with Crippen LogP contribution in [-0.4, -0.2) is 16.2 Å². The number of carbonyl (C=O) groups excluding carboxylic acids is 1. The molecule has 1 rings (SSSR count). The van der Waals surface area contributed by atoms with E-state index in [2.05, 4.69) is 0 Å². The van der Waals surface area contributed by atoms with E-state index in [-0.39, 0.29) is 17.2 Å². The number of benzene rings is 1. The van der Waals surface area contributed by atoms with Gasteiger partial charge in [0.1, 0.15) is 17.2 Å². The molecular weight excluding hydrogens is 208 g/mol. The van der Waals surface area contributed by atoms with E-state index in [1.807, 2.05) is 0 Å². The molecule has 16 heavy (non-hydrogen) atoms. The van der Waals surface area contributed by atoms with Crippen LogP contribution in [0.1, 0.15) is 20.8 Å². The minimum atomic E-state index is -0.495. The van der Waals surface area contributed by atoms with Crippen molar-refractivity contribution in [1.82, 2.24) is 0 Å². The van der Waals surface area contributed by atoms with Gasteiger partial charge in [0.15, 0.2) is 0 Å². The molecule has 0 aliphatic heterocycles. The first kappa shape index (κ1) is 12.1. The minimum absolute atomic E-state index is 0.114. The van der Waals surface area contributed by atoms with Crippen LogP contribution in [0.4, 0.5) is 0 Å². The number of phenols is 2. The summed E-state index contributed by atoms with van der Waals surface area (Å²) in [6, 6.07) is 3.68. The van der Waals surface area contributed by atoms with Gasteiger partial charge in [-0.1, -0.05) is 5.57 Å². The van der Waals surface area contributed by atoms with Crippen molar-refractivity contribution in [1.29, 1.82) is 0 Å². The third kappa shape index (κ3) is 3.02. The number of allylic oxidation sites excluding steroid dienone is 1. The van der Waals surface area contributed by atoms with Gasteiger partial charge in [-0.05, 0) is 20.8 Å². The van der Waals surface area contributed by atoms with Crippen molar-refractivity contribution in [3.05, 3.63) is 29.3 Å². The number of aromatic hydroxyl groups is 2. The number of carbonyl (C=O) groups is 1. The molecule has 0 aliphatic rings. The van der Waals surface area contributed by atoms with Crippen LogP contribution in [0.5, 0.6) is 17.2 Å². The Morgan fingerprint density at radius 3 is 2.00 bits per heavy atom. The lowest BCUT2D eigenvalue weighted by molar-refractivity contribution is -0.130. The summed E-state index contributed by atoms with van der Waals surface area (Å²) >= 11 is 0. The lowest BCUT2D eigenvalue weighted by Crippen LogP contribution is -2.10. The van der Waals surface area contributed by atoms with Gasteiger partial charge in [0.2, 0.25) is 0 Å². The molecule has 1 aromatic carbocycles. The minimum Gasteiger partial charge on any atom is -0.508 e. The molecule has 0 fully saturated rings. The van der Waals surface area contributed by atoms with E-state index in [0.29, 0.717) is 5.57 Å². The van der Waals surface area contributed by atoms with Gasteiger partial charge in [0, 0.05) is 23.8 Å². The number of ether oxygens (including phenoxy) is 1. The van der Waals surface area contributed by atoms with Crippen LogP contribution in [-0.2, 0) is 4.79 Å². The van der Waals surface area contributed by atoms with Crippen LogP contribution in [0.2, 0.25) is 0 Å². The largest absolute Gasteiger partial charge is 0.508 e. The van der Waals surface area contributed by atoms with Crippen molar-refractivity contribution < 1.29 is 19.7 Å². The van der Waals surface area contributed by atoms with Crippen LogP contribution in [0.25, 0.3) is 0 Å². The summed E-state index contributed by atoms with van der Waals surface area (Å²) in [5, 5.41) is 18.4. The zero-order valence-electron chi connectivity index (χ0n) is 9.44. The second-order valence-electron chi connectivity index (χ2n) is 3.70. The van der Waals surface area contributed by atoms with Gasteiger partial charge < -0.3 is 14.9 Å². The summed E-state index contributed by atoms with van der Waals surface area (Å²) in [6.45, 7) is 5.26. The maximum atomic E-state index is 11.5. The number of rotatable bonds is 2. The molecule has 0 saturated carbocycles. The summed E-state index contributed by atoms with van der Waals surface area (Å²) in [5.41, 5.74) is 1.36. The first-order valence-electron chi connectivity index (χ1n) is 4.79. The van der Waals surface area contributed by atoms with Gasteiger partial charge >= 0.3 is 5.97 Å². The molecule has 0 bridgehead atoms. The monoisotopic (exact) mass is 222 g/mol. The predicted molar refractivity (Wildman–Crippen MR) is 59.5 cm³/mol. The summed E-state index contributed by atoms with van der Waals surface area (Å²) < 4.78 is 4.98. The maximum Gasteiger partial charge on any atom is 0.339 e. The highest BCUT2D eigenvalue weighted by molar-refractivity contribution is 5.90. The fraction of sp³-hybridized carbons (Fsp3) is 0.250. The molecule has 0 atom stereocenters. The Hall–Kier alpha value is -1.97. The van der Waals surface area contributed by atoms with Gasteiger partial charge in [-0.3, -0.25) is 0 Å². The SMILES string of the molecule is CC(C)=C(C)C(=O)Oc1cc(O)cc(O)c1. The molecule has 4 heteroatoms. The zero-order valence-corrected chi connectivity index (χ0v) is 9.44. The molecule has 0 heterocycles. The van der Waals surface area contributed by atoms with Crippen molar-refractivity contribution in [2.75, 3.05) is 0 Å². The maximum absolute atomic E-state index is 11.5. The summed E-state index contributed by atoms with van der Waals surface area (Å²) in [6.07, 6.45) is 0. The van der Waals surface area contributed by atoms with E-state index in [1.165, 1.54) is 12.1 Å². The zero-order chi connectivity index (χ0) is 12.3. The van der Waals surface area contributed by atoms with Gasteiger partial charge in [0.25, 0.3) is 0 Å². The fourth-order valence-electron chi connectivity index (χ4n) is 1.01. The molecule has 0 aliphatic carbocycles. The summed E-state index contributed by atoms with van der Waals surface area (Å²) in [7, 11) is 0. The number of hydrogen-bond donors (Lipinski definition) is 2. The highest BCUT2D eigenvalue weighted by atomic mass is 16.5. The van der Waals surface area contributed by atoms with Crippen molar-refractivity contribution >= 4 is 5.97 Å². The van der Waals surface area contributed by atoms with Crippen LogP contribution >= 0.6 is 0 Å². The highest BCUT2D eigenvalue weighted by Crippen LogP contribution is 2.26. The van der Waals surface area contributed by atoms with Crippen LogP contribution in [0.15, 0.2) is 29.3 Å². The molecule has 2 N–H and O–H groups in total. The number of esters is 1. The van der Waals surface area contributed by atoms with Gasteiger partial charge in [-0.25, -0.2) is 4.79 Å². The van der Waals surface area contributed by atoms with Gasteiger partial charge in [-0.15, -0.1) is 0 Å². The Bertz CT molecular complexity index is 422. The fourth-order valence-corrected chi connectivity index (χ4v) is 1.01. The van der Waals surface area contributed by atoms with E-state index >= 15 is 0 Å². The van der Waals surface area contributed by atoms with Crippen molar-refractivity contribution in [2.24, 2.45) is 0 Å². The second-order valence-corrected chi connectivity index (χ2v) is 3.70. The molecule has 0 radical (unpaired) electrons. The smallest absolute Gasteiger partial charge is 0.339 e. The molecule has 0 saturated heterocycles. The van der Waals surface area contributed by atoms with E-state index < -0.39 is 5.97 Å². The van der Waals surface area contributed by atoms with E-state index in [4.69, 9.17) is 4.74 Å². The topological polar surface area (TPSA) is 66.8 Å². The normalized spacial score (nSPS) is 9.69. The molecule has 0 aromatic heterocycles.